The van der Waals surface area contributed by atoms with Gasteiger partial charge >= 0.3 is 5.97 Å². The van der Waals surface area contributed by atoms with Crippen LogP contribution in [0, 0.1) is 5.92 Å². The highest BCUT2D eigenvalue weighted by Crippen LogP contribution is 2.46. The average molecular weight is 500 g/mol. The molecule has 2 aliphatic rings. The number of benzene rings is 1. The number of carbonyl (C=O) groups excluding carboxylic acids is 2. The summed E-state index contributed by atoms with van der Waals surface area (Å²) >= 11 is 7.42. The van der Waals surface area contributed by atoms with E-state index in [0.29, 0.717) is 28.8 Å². The number of Topliss-reactive ketones (excluding diaryl/α,β-unsaturated/α-hetero) is 1. The van der Waals surface area contributed by atoms with E-state index in [1.807, 2.05) is 18.2 Å². The number of halogens is 1. The predicted octanol–water partition coefficient (Wildman–Crippen LogP) is 5.16. The van der Waals surface area contributed by atoms with Crippen LogP contribution in [-0.2, 0) is 20.7 Å². The SMILES string of the molecule is COc1ccc(CCC2(C3CCCC3)CC(=O)C(Sc3nc4ccncc4[nH]3)C(=O)O2)cc1Cl. The van der Waals surface area contributed by atoms with Crippen LogP contribution in [0.5, 0.6) is 5.75 Å². The highest BCUT2D eigenvalue weighted by molar-refractivity contribution is 8.01. The first-order chi connectivity index (χ1) is 16.5. The molecule has 2 aromatic heterocycles. The van der Waals surface area contributed by atoms with Gasteiger partial charge in [-0.15, -0.1) is 0 Å². The molecule has 1 aromatic carbocycles. The summed E-state index contributed by atoms with van der Waals surface area (Å²) in [5.41, 5.74) is 1.76. The minimum atomic E-state index is -0.918. The highest BCUT2D eigenvalue weighted by atomic mass is 35.5. The fourth-order valence-electron chi connectivity index (χ4n) is 5.17. The van der Waals surface area contributed by atoms with Crippen molar-refractivity contribution in [1.29, 1.82) is 0 Å². The van der Waals surface area contributed by atoms with Crippen molar-refractivity contribution >= 4 is 46.1 Å². The van der Waals surface area contributed by atoms with Gasteiger partial charge in [-0.1, -0.05) is 42.3 Å². The van der Waals surface area contributed by atoms with Crippen molar-refractivity contribution in [3.8, 4) is 5.75 Å². The average Bonchev–Trinajstić information content (AvgIpc) is 3.50. The number of rotatable bonds is 7. The number of ether oxygens (including phenoxy) is 2. The number of methoxy groups -OCH3 is 1. The number of nitrogens with zero attached hydrogens (tertiary/aromatic N) is 2. The van der Waals surface area contributed by atoms with E-state index in [1.54, 1.807) is 25.6 Å². The molecule has 2 fully saturated rings. The predicted molar refractivity (Wildman–Crippen MR) is 130 cm³/mol. The van der Waals surface area contributed by atoms with Crippen molar-refractivity contribution in [2.75, 3.05) is 7.11 Å². The maximum absolute atomic E-state index is 13.3. The molecule has 0 amide bonds. The molecule has 3 heterocycles. The third-order valence-electron chi connectivity index (χ3n) is 6.93. The first-order valence-electron chi connectivity index (χ1n) is 11.5. The minimum Gasteiger partial charge on any atom is -0.495 e. The fraction of sp³-hybridized carbons (Fsp3) is 0.440. The summed E-state index contributed by atoms with van der Waals surface area (Å²) < 4.78 is 11.4. The summed E-state index contributed by atoms with van der Waals surface area (Å²) in [4.78, 5) is 38.2. The maximum Gasteiger partial charge on any atom is 0.327 e. The second-order valence-corrected chi connectivity index (χ2v) is 10.5. The number of aryl methyl sites for hydroxylation is 1. The van der Waals surface area contributed by atoms with Crippen molar-refractivity contribution in [2.45, 2.75) is 61.0 Å². The number of ketones is 1. The largest absolute Gasteiger partial charge is 0.495 e. The van der Waals surface area contributed by atoms with E-state index in [-0.39, 0.29) is 18.1 Å². The Morgan fingerprint density at radius 1 is 1.26 bits per heavy atom. The van der Waals surface area contributed by atoms with Gasteiger partial charge in [0.1, 0.15) is 11.4 Å². The lowest BCUT2D eigenvalue weighted by atomic mass is 9.76. The summed E-state index contributed by atoms with van der Waals surface area (Å²) in [7, 11) is 1.58. The molecule has 0 spiro atoms. The molecule has 2 atom stereocenters. The van der Waals surface area contributed by atoms with Gasteiger partial charge in [0.2, 0.25) is 0 Å². The van der Waals surface area contributed by atoms with Crippen molar-refractivity contribution in [3.63, 3.8) is 0 Å². The first-order valence-corrected chi connectivity index (χ1v) is 12.8. The van der Waals surface area contributed by atoms with Gasteiger partial charge in [0.15, 0.2) is 16.2 Å². The molecule has 1 aliphatic carbocycles. The van der Waals surface area contributed by atoms with E-state index in [4.69, 9.17) is 21.1 Å². The Bertz CT molecular complexity index is 1170. The van der Waals surface area contributed by atoms with Crippen LogP contribution in [0.4, 0.5) is 0 Å². The van der Waals surface area contributed by atoms with Crippen LogP contribution in [0.15, 0.2) is 41.8 Å². The molecule has 1 N–H and O–H groups in total. The molecule has 1 saturated carbocycles. The van der Waals surface area contributed by atoms with E-state index in [1.165, 1.54) is 0 Å². The number of esters is 1. The number of fused-ring (bicyclic) bond motifs is 1. The molecule has 2 unspecified atom stereocenters. The number of carbonyl (C=O) groups is 2. The third-order valence-corrected chi connectivity index (χ3v) is 8.33. The van der Waals surface area contributed by atoms with Gasteiger partial charge in [-0.2, -0.15) is 0 Å². The smallest absolute Gasteiger partial charge is 0.327 e. The number of H-pyrrole nitrogens is 1. The lowest BCUT2D eigenvalue weighted by Gasteiger charge is -2.42. The molecule has 0 radical (unpaired) electrons. The van der Waals surface area contributed by atoms with Gasteiger partial charge in [0.25, 0.3) is 0 Å². The lowest BCUT2D eigenvalue weighted by molar-refractivity contribution is -0.177. The van der Waals surface area contributed by atoms with Crippen LogP contribution in [-0.4, -0.2) is 44.7 Å². The summed E-state index contributed by atoms with van der Waals surface area (Å²) in [5, 5.41) is 0.141. The maximum atomic E-state index is 13.3. The molecule has 5 rings (SSSR count). The molecule has 3 aromatic rings. The highest BCUT2D eigenvalue weighted by Gasteiger charge is 2.52. The first kappa shape index (κ1) is 23.2. The normalized spacial score (nSPS) is 23.4. The van der Waals surface area contributed by atoms with Crippen molar-refractivity contribution in [1.82, 2.24) is 15.0 Å². The number of aromatic nitrogens is 3. The standard InChI is InChI=1S/C25H26ClN3O4S/c1-32-21-7-6-15(12-17(21)26)8-10-25(16-4-2-3-5-16)13-20(30)22(23(31)33-25)34-24-28-18-9-11-27-14-19(18)29-24/h6-7,9,11-12,14,16,22H,2-5,8,10,13H2,1H3,(H,28,29). The molecule has 1 aliphatic heterocycles. The molecule has 9 heteroatoms. The Morgan fingerprint density at radius 3 is 2.79 bits per heavy atom. The van der Waals surface area contributed by atoms with Crippen molar-refractivity contribution < 1.29 is 19.1 Å². The van der Waals surface area contributed by atoms with Crippen LogP contribution in [0.25, 0.3) is 11.0 Å². The lowest BCUT2D eigenvalue weighted by Crippen LogP contribution is -2.53. The monoisotopic (exact) mass is 499 g/mol. The van der Waals surface area contributed by atoms with Gasteiger partial charge in [0, 0.05) is 12.6 Å². The molecule has 0 bridgehead atoms. The number of hydrogen-bond donors (Lipinski definition) is 1. The van der Waals surface area contributed by atoms with Gasteiger partial charge in [-0.25, -0.2) is 4.98 Å². The van der Waals surface area contributed by atoms with Crippen molar-refractivity contribution in [2.24, 2.45) is 5.92 Å². The van der Waals surface area contributed by atoms with Crippen LogP contribution in [0.2, 0.25) is 5.02 Å². The van der Waals surface area contributed by atoms with Gasteiger partial charge < -0.3 is 14.5 Å². The Balaban J connectivity index is 1.34. The zero-order chi connectivity index (χ0) is 23.7. The Kier molecular flexibility index (Phi) is 6.53. The van der Waals surface area contributed by atoms with E-state index in [0.717, 1.165) is 54.0 Å². The second kappa shape index (κ2) is 9.58. The quantitative estimate of drug-likeness (QED) is 0.354. The van der Waals surface area contributed by atoms with Crippen LogP contribution >= 0.6 is 23.4 Å². The number of aromatic amines is 1. The van der Waals surface area contributed by atoms with Crippen LogP contribution in [0.3, 0.4) is 0 Å². The number of hydrogen-bond acceptors (Lipinski definition) is 7. The van der Waals surface area contributed by atoms with Gasteiger partial charge in [-0.05, 0) is 55.4 Å². The number of nitrogens with one attached hydrogen (secondary N) is 1. The fourth-order valence-corrected chi connectivity index (χ4v) is 6.35. The topological polar surface area (TPSA) is 94.2 Å². The summed E-state index contributed by atoms with van der Waals surface area (Å²) in [5.74, 6) is 0.243. The van der Waals surface area contributed by atoms with E-state index in [2.05, 4.69) is 15.0 Å². The minimum absolute atomic E-state index is 0.0977. The summed E-state index contributed by atoms with van der Waals surface area (Å²) in [6, 6.07) is 7.47. The number of cyclic esters (lactones) is 1. The van der Waals surface area contributed by atoms with E-state index >= 15 is 0 Å². The zero-order valence-corrected chi connectivity index (χ0v) is 20.5. The molecular weight excluding hydrogens is 474 g/mol. The molecule has 34 heavy (non-hydrogen) atoms. The Morgan fingerprint density at radius 2 is 2.09 bits per heavy atom. The number of imidazole rings is 1. The van der Waals surface area contributed by atoms with Crippen molar-refractivity contribution in [3.05, 3.63) is 47.2 Å². The van der Waals surface area contributed by atoms with E-state index in [9.17, 15) is 9.59 Å². The number of pyridine rings is 1. The van der Waals surface area contributed by atoms with Gasteiger partial charge in [-0.3, -0.25) is 14.6 Å². The van der Waals surface area contributed by atoms with E-state index < -0.39 is 16.8 Å². The van der Waals surface area contributed by atoms with Crippen LogP contribution < -0.4 is 4.74 Å². The summed E-state index contributed by atoms with van der Waals surface area (Å²) in [6.07, 6.45) is 8.94. The summed E-state index contributed by atoms with van der Waals surface area (Å²) in [6.45, 7) is 0. The van der Waals surface area contributed by atoms with Gasteiger partial charge in [0.05, 0.1) is 29.4 Å². The Hall–Kier alpha value is -2.58. The Labute approximate surface area is 207 Å². The second-order valence-electron chi connectivity index (χ2n) is 9.01. The van der Waals surface area contributed by atoms with Crippen LogP contribution in [0.1, 0.15) is 44.1 Å². The number of thioether (sulfide) groups is 1. The molecule has 178 valence electrons. The third kappa shape index (κ3) is 4.53. The molecule has 1 saturated heterocycles. The molecule has 7 nitrogen and oxygen atoms in total. The molecular formula is C25H26ClN3O4S. The zero-order valence-electron chi connectivity index (χ0n) is 18.9.